The van der Waals surface area contributed by atoms with E-state index in [4.69, 9.17) is 0 Å². The van der Waals surface area contributed by atoms with Crippen molar-refractivity contribution >= 4 is 45.8 Å². The highest BCUT2D eigenvalue weighted by Gasteiger charge is 2.24. The summed E-state index contributed by atoms with van der Waals surface area (Å²) in [4.78, 5) is 12.0. The summed E-state index contributed by atoms with van der Waals surface area (Å²) >= 11 is 2.18. The predicted molar refractivity (Wildman–Crippen MR) is 85.4 cm³/mol. The molecular formula is C15H10INO3. The third-order valence-corrected chi connectivity index (χ3v) is 3.75. The van der Waals surface area contributed by atoms with E-state index in [1.165, 1.54) is 12.1 Å². The first kappa shape index (κ1) is 13.0. The fraction of sp³-hybridized carbons (Fsp3) is 0. The van der Waals surface area contributed by atoms with Crippen molar-refractivity contribution in [3.8, 4) is 11.5 Å². The number of rotatable bonds is 1. The minimum atomic E-state index is -0.200. The molecule has 1 aliphatic heterocycles. The van der Waals surface area contributed by atoms with Crippen LogP contribution >= 0.6 is 22.6 Å². The number of amides is 1. The van der Waals surface area contributed by atoms with E-state index in [-0.39, 0.29) is 17.4 Å². The summed E-state index contributed by atoms with van der Waals surface area (Å²) < 4.78 is 1.03. The Morgan fingerprint density at radius 1 is 1.10 bits per heavy atom. The lowest BCUT2D eigenvalue weighted by molar-refractivity contribution is -0.110. The lowest BCUT2D eigenvalue weighted by Crippen LogP contribution is -2.03. The van der Waals surface area contributed by atoms with E-state index in [0.29, 0.717) is 11.1 Å². The quantitative estimate of drug-likeness (QED) is 0.527. The zero-order valence-electron chi connectivity index (χ0n) is 10.2. The Balaban J connectivity index is 2.13. The SMILES string of the molecule is O=C1Nc2ccc(I)cc2C1=Cc1ccc(O)cc1O. The summed E-state index contributed by atoms with van der Waals surface area (Å²) in [6.07, 6.45) is 1.62. The Hall–Kier alpha value is -2.02. The van der Waals surface area contributed by atoms with Crippen LogP contribution in [-0.4, -0.2) is 16.1 Å². The molecule has 5 heteroatoms. The molecule has 20 heavy (non-hydrogen) atoms. The van der Waals surface area contributed by atoms with Crippen LogP contribution in [0.25, 0.3) is 11.6 Å². The van der Waals surface area contributed by atoms with E-state index in [2.05, 4.69) is 27.9 Å². The van der Waals surface area contributed by atoms with E-state index in [0.717, 1.165) is 14.8 Å². The first-order valence-corrected chi connectivity index (χ1v) is 6.97. The Bertz CT molecular complexity index is 753. The zero-order chi connectivity index (χ0) is 14.3. The van der Waals surface area contributed by atoms with Crippen LogP contribution < -0.4 is 5.32 Å². The molecule has 2 aromatic carbocycles. The number of halogens is 1. The van der Waals surface area contributed by atoms with Crippen molar-refractivity contribution < 1.29 is 15.0 Å². The fourth-order valence-corrected chi connectivity index (χ4v) is 2.60. The maximum absolute atomic E-state index is 12.0. The van der Waals surface area contributed by atoms with Crippen LogP contribution in [0.5, 0.6) is 11.5 Å². The number of benzene rings is 2. The Morgan fingerprint density at radius 3 is 2.65 bits per heavy atom. The number of anilines is 1. The highest BCUT2D eigenvalue weighted by molar-refractivity contribution is 14.1. The van der Waals surface area contributed by atoms with Gasteiger partial charge in [0.1, 0.15) is 11.5 Å². The van der Waals surface area contributed by atoms with E-state index < -0.39 is 0 Å². The van der Waals surface area contributed by atoms with Gasteiger partial charge in [-0.3, -0.25) is 4.79 Å². The second-order valence-electron chi connectivity index (χ2n) is 4.45. The first-order valence-electron chi connectivity index (χ1n) is 5.89. The Labute approximate surface area is 128 Å². The summed E-state index contributed by atoms with van der Waals surface area (Å²) in [5.74, 6) is -0.283. The summed E-state index contributed by atoms with van der Waals surface area (Å²) in [7, 11) is 0. The van der Waals surface area contributed by atoms with E-state index in [1.807, 2.05) is 18.2 Å². The van der Waals surface area contributed by atoms with Crippen LogP contribution in [-0.2, 0) is 4.79 Å². The van der Waals surface area contributed by atoms with Crippen LogP contribution in [0.15, 0.2) is 36.4 Å². The van der Waals surface area contributed by atoms with E-state index >= 15 is 0 Å². The molecule has 0 radical (unpaired) electrons. The number of fused-ring (bicyclic) bond motifs is 1. The normalized spacial score (nSPS) is 15.2. The summed E-state index contributed by atoms with van der Waals surface area (Å²) in [6, 6.07) is 9.96. The lowest BCUT2D eigenvalue weighted by Gasteiger charge is -2.02. The van der Waals surface area contributed by atoms with Gasteiger partial charge in [0.05, 0.1) is 0 Å². The fourth-order valence-electron chi connectivity index (χ4n) is 2.11. The van der Waals surface area contributed by atoms with Crippen LogP contribution in [0.2, 0.25) is 0 Å². The van der Waals surface area contributed by atoms with Crippen molar-refractivity contribution in [1.82, 2.24) is 0 Å². The minimum Gasteiger partial charge on any atom is -0.508 e. The van der Waals surface area contributed by atoms with Gasteiger partial charge >= 0.3 is 0 Å². The molecule has 3 N–H and O–H groups in total. The number of hydrogen-bond acceptors (Lipinski definition) is 3. The van der Waals surface area contributed by atoms with Gasteiger partial charge in [-0.1, -0.05) is 0 Å². The third-order valence-electron chi connectivity index (χ3n) is 3.08. The summed E-state index contributed by atoms with van der Waals surface area (Å²) in [5.41, 5.74) is 2.56. The van der Waals surface area contributed by atoms with Crippen LogP contribution in [0, 0.1) is 3.57 Å². The van der Waals surface area contributed by atoms with Crippen molar-refractivity contribution in [3.05, 3.63) is 51.1 Å². The molecule has 2 aromatic rings. The van der Waals surface area contributed by atoms with Gasteiger partial charge in [-0.25, -0.2) is 0 Å². The molecule has 0 saturated heterocycles. The standard InChI is InChI=1S/C15H10INO3/c16-9-2-4-13-11(6-9)12(15(20)17-13)5-8-1-3-10(18)7-14(8)19/h1-7,18-19H,(H,17,20). The predicted octanol–water partition coefficient (Wildman–Crippen LogP) is 3.20. The molecule has 1 heterocycles. The lowest BCUT2D eigenvalue weighted by atomic mass is 10.0. The van der Waals surface area contributed by atoms with Crippen LogP contribution in [0.3, 0.4) is 0 Å². The average Bonchev–Trinajstić information content (AvgIpc) is 2.69. The van der Waals surface area contributed by atoms with Gasteiger partial charge in [0.2, 0.25) is 0 Å². The highest BCUT2D eigenvalue weighted by Crippen LogP contribution is 2.35. The molecule has 0 aliphatic carbocycles. The number of aromatic hydroxyl groups is 2. The molecule has 0 atom stereocenters. The smallest absolute Gasteiger partial charge is 0.256 e. The molecule has 0 aromatic heterocycles. The number of carbonyl (C=O) groups excluding carboxylic acids is 1. The maximum atomic E-state index is 12.0. The zero-order valence-corrected chi connectivity index (χ0v) is 12.4. The number of phenols is 2. The van der Waals surface area contributed by atoms with Gasteiger partial charge in [0.15, 0.2) is 0 Å². The van der Waals surface area contributed by atoms with Gasteiger partial charge in [-0.15, -0.1) is 0 Å². The van der Waals surface area contributed by atoms with Crippen LogP contribution in [0.4, 0.5) is 5.69 Å². The second kappa shape index (κ2) is 4.82. The Kier molecular flexibility index (Phi) is 3.13. The van der Waals surface area contributed by atoms with Gasteiger partial charge in [-0.2, -0.15) is 0 Å². The molecule has 100 valence electrons. The molecule has 0 saturated carbocycles. The molecule has 3 rings (SSSR count). The number of nitrogens with one attached hydrogen (secondary N) is 1. The highest BCUT2D eigenvalue weighted by atomic mass is 127. The summed E-state index contributed by atoms with van der Waals surface area (Å²) in [5, 5.41) is 21.9. The molecule has 0 fully saturated rings. The molecule has 0 bridgehead atoms. The number of phenolic OH excluding ortho intramolecular Hbond substituents is 2. The van der Waals surface area contributed by atoms with Crippen molar-refractivity contribution in [2.75, 3.05) is 5.32 Å². The molecule has 0 unspecified atom stereocenters. The molecule has 1 amide bonds. The van der Waals surface area contributed by atoms with Crippen LogP contribution in [0.1, 0.15) is 11.1 Å². The number of hydrogen-bond donors (Lipinski definition) is 3. The molecule has 4 nitrogen and oxygen atoms in total. The number of carbonyl (C=O) groups is 1. The van der Waals surface area contributed by atoms with E-state index in [1.54, 1.807) is 12.1 Å². The van der Waals surface area contributed by atoms with Crippen molar-refractivity contribution in [2.24, 2.45) is 0 Å². The van der Waals surface area contributed by atoms with Gasteiger partial charge in [0.25, 0.3) is 5.91 Å². The summed E-state index contributed by atoms with van der Waals surface area (Å²) in [6.45, 7) is 0. The van der Waals surface area contributed by atoms with Crippen molar-refractivity contribution in [2.45, 2.75) is 0 Å². The van der Waals surface area contributed by atoms with Crippen molar-refractivity contribution in [3.63, 3.8) is 0 Å². The maximum Gasteiger partial charge on any atom is 0.256 e. The van der Waals surface area contributed by atoms with Gasteiger partial charge in [0, 0.05) is 32.0 Å². The third kappa shape index (κ3) is 2.24. The van der Waals surface area contributed by atoms with Gasteiger partial charge in [-0.05, 0) is 59.0 Å². The second-order valence-corrected chi connectivity index (χ2v) is 5.69. The molecular weight excluding hydrogens is 369 g/mol. The molecule has 0 spiro atoms. The first-order chi connectivity index (χ1) is 9.54. The monoisotopic (exact) mass is 379 g/mol. The van der Waals surface area contributed by atoms with E-state index in [9.17, 15) is 15.0 Å². The largest absolute Gasteiger partial charge is 0.508 e. The minimum absolute atomic E-state index is 0.0181. The topological polar surface area (TPSA) is 69.6 Å². The Morgan fingerprint density at radius 2 is 1.90 bits per heavy atom. The average molecular weight is 379 g/mol. The van der Waals surface area contributed by atoms with Crippen molar-refractivity contribution in [1.29, 1.82) is 0 Å². The molecule has 1 aliphatic rings. The van der Waals surface area contributed by atoms with Gasteiger partial charge < -0.3 is 15.5 Å².